The number of amides is 1. The zero-order chi connectivity index (χ0) is 15.4. The number of carbonyl (C=O) groups excluding carboxylic acids is 1. The van der Waals surface area contributed by atoms with Crippen molar-refractivity contribution in [3.8, 4) is 0 Å². The zero-order valence-corrected chi connectivity index (χ0v) is 12.7. The molecule has 5 nitrogen and oxygen atoms in total. The third-order valence-electron chi connectivity index (χ3n) is 4.01. The first-order valence-corrected chi connectivity index (χ1v) is 7.64. The Kier molecular flexibility index (Phi) is 4.53. The van der Waals surface area contributed by atoms with Crippen LogP contribution in [0.4, 0.5) is 0 Å². The zero-order valence-electron chi connectivity index (χ0n) is 12.7. The number of nitrogens with zero attached hydrogens (tertiary/aromatic N) is 2. The Bertz CT molecular complexity index is 624. The monoisotopic (exact) mass is 299 g/mol. The number of aryl methyl sites for hydroxylation is 1. The smallest absolute Gasteiger partial charge is 0.226 e. The lowest BCUT2D eigenvalue weighted by Gasteiger charge is -2.19. The maximum Gasteiger partial charge on any atom is 0.226 e. The first kappa shape index (κ1) is 14.8. The molecule has 1 N–H and O–H groups in total. The summed E-state index contributed by atoms with van der Waals surface area (Å²) in [5.74, 6) is 0.340. The van der Waals surface area contributed by atoms with E-state index in [0.29, 0.717) is 18.9 Å². The largest absolute Gasteiger partial charge is 0.373 e. The van der Waals surface area contributed by atoms with Gasteiger partial charge in [0.15, 0.2) is 0 Å². The molecule has 0 spiro atoms. The standard InChI is InChI=1S/C17H21N3O2/c1-20-9-7-15(19-20)11-16(21)18-12-14-8-10-22-17(14)13-5-3-2-4-6-13/h2-7,9,14,17H,8,10-12H2,1H3,(H,18,21)/t14-,17-/m1/s1. The van der Waals surface area contributed by atoms with Gasteiger partial charge in [-0.25, -0.2) is 0 Å². The van der Waals surface area contributed by atoms with Crippen LogP contribution in [-0.2, 0) is 23.0 Å². The number of hydrogen-bond acceptors (Lipinski definition) is 3. The highest BCUT2D eigenvalue weighted by Gasteiger charge is 2.29. The van der Waals surface area contributed by atoms with Crippen molar-refractivity contribution in [2.75, 3.05) is 13.2 Å². The van der Waals surface area contributed by atoms with Crippen LogP contribution in [0.25, 0.3) is 0 Å². The SMILES string of the molecule is Cn1ccc(CC(=O)NC[C@H]2CCO[C@@H]2c2ccccc2)n1. The summed E-state index contributed by atoms with van der Waals surface area (Å²) in [5, 5.41) is 7.24. The fourth-order valence-electron chi connectivity index (χ4n) is 2.88. The number of nitrogens with one attached hydrogen (secondary N) is 1. The third-order valence-corrected chi connectivity index (χ3v) is 4.01. The molecule has 1 aliphatic rings. The Labute approximate surface area is 130 Å². The van der Waals surface area contributed by atoms with Crippen molar-refractivity contribution in [2.45, 2.75) is 18.9 Å². The molecule has 22 heavy (non-hydrogen) atoms. The van der Waals surface area contributed by atoms with Gasteiger partial charge < -0.3 is 10.1 Å². The van der Waals surface area contributed by atoms with Gasteiger partial charge in [0.1, 0.15) is 0 Å². The van der Waals surface area contributed by atoms with Gasteiger partial charge in [0.25, 0.3) is 0 Å². The van der Waals surface area contributed by atoms with Crippen LogP contribution in [0.5, 0.6) is 0 Å². The minimum Gasteiger partial charge on any atom is -0.373 e. The van der Waals surface area contributed by atoms with E-state index in [2.05, 4.69) is 22.5 Å². The van der Waals surface area contributed by atoms with E-state index in [9.17, 15) is 4.79 Å². The number of carbonyl (C=O) groups is 1. The predicted octanol–water partition coefficient (Wildman–Crippen LogP) is 1.86. The van der Waals surface area contributed by atoms with Gasteiger partial charge in [0.05, 0.1) is 18.2 Å². The number of rotatable bonds is 5. The molecular formula is C17H21N3O2. The number of benzene rings is 1. The number of aromatic nitrogens is 2. The van der Waals surface area contributed by atoms with E-state index in [0.717, 1.165) is 18.7 Å². The molecule has 1 saturated heterocycles. The average Bonchev–Trinajstić information content (AvgIpc) is 3.15. The summed E-state index contributed by atoms with van der Waals surface area (Å²) in [6.45, 7) is 1.39. The van der Waals surface area contributed by atoms with E-state index in [4.69, 9.17) is 4.74 Å². The molecular weight excluding hydrogens is 278 g/mol. The lowest BCUT2D eigenvalue weighted by Crippen LogP contribution is -2.31. The predicted molar refractivity (Wildman–Crippen MR) is 83.2 cm³/mol. The van der Waals surface area contributed by atoms with Crippen LogP contribution in [0.15, 0.2) is 42.6 Å². The van der Waals surface area contributed by atoms with Crippen molar-refractivity contribution in [1.82, 2.24) is 15.1 Å². The molecule has 1 fully saturated rings. The Morgan fingerprint density at radius 1 is 1.36 bits per heavy atom. The summed E-state index contributed by atoms with van der Waals surface area (Å²) < 4.78 is 7.55. The van der Waals surface area contributed by atoms with Crippen LogP contribution in [-0.4, -0.2) is 28.8 Å². The molecule has 2 heterocycles. The highest BCUT2D eigenvalue weighted by molar-refractivity contribution is 5.78. The van der Waals surface area contributed by atoms with Crippen molar-refractivity contribution in [3.05, 3.63) is 53.9 Å². The molecule has 0 saturated carbocycles. The van der Waals surface area contributed by atoms with Crippen LogP contribution in [0.1, 0.15) is 23.8 Å². The van der Waals surface area contributed by atoms with Gasteiger partial charge in [-0.05, 0) is 18.1 Å². The molecule has 2 atom stereocenters. The molecule has 0 radical (unpaired) electrons. The van der Waals surface area contributed by atoms with Crippen molar-refractivity contribution in [3.63, 3.8) is 0 Å². The highest BCUT2D eigenvalue weighted by atomic mass is 16.5. The lowest BCUT2D eigenvalue weighted by atomic mass is 9.95. The van der Waals surface area contributed by atoms with Crippen LogP contribution in [0, 0.1) is 5.92 Å². The normalized spacial score (nSPS) is 21.0. The van der Waals surface area contributed by atoms with Crippen LogP contribution in [0.3, 0.4) is 0 Å². The summed E-state index contributed by atoms with van der Waals surface area (Å²) in [7, 11) is 1.85. The molecule has 1 amide bonds. The van der Waals surface area contributed by atoms with Gasteiger partial charge in [-0.1, -0.05) is 30.3 Å². The number of ether oxygens (including phenoxy) is 1. The lowest BCUT2D eigenvalue weighted by molar-refractivity contribution is -0.120. The maximum atomic E-state index is 12.0. The molecule has 3 rings (SSSR count). The summed E-state index contributed by atoms with van der Waals surface area (Å²) in [5.41, 5.74) is 1.98. The molecule has 0 unspecified atom stereocenters. The highest BCUT2D eigenvalue weighted by Crippen LogP contribution is 2.33. The topological polar surface area (TPSA) is 56.2 Å². The third kappa shape index (κ3) is 3.54. The molecule has 1 aromatic heterocycles. The fraction of sp³-hybridized carbons (Fsp3) is 0.412. The molecule has 1 aromatic carbocycles. The van der Waals surface area contributed by atoms with Gasteiger partial charge in [0, 0.05) is 32.3 Å². The van der Waals surface area contributed by atoms with E-state index >= 15 is 0 Å². The van der Waals surface area contributed by atoms with E-state index in [1.165, 1.54) is 5.56 Å². The van der Waals surface area contributed by atoms with Crippen LogP contribution in [0.2, 0.25) is 0 Å². The van der Waals surface area contributed by atoms with E-state index in [1.54, 1.807) is 4.68 Å². The molecule has 116 valence electrons. The molecule has 0 bridgehead atoms. The minimum atomic E-state index is 0.0115. The van der Waals surface area contributed by atoms with Crippen molar-refractivity contribution in [2.24, 2.45) is 13.0 Å². The van der Waals surface area contributed by atoms with Gasteiger partial charge in [-0.3, -0.25) is 9.48 Å². The van der Waals surface area contributed by atoms with Gasteiger partial charge in [-0.15, -0.1) is 0 Å². The fourth-order valence-corrected chi connectivity index (χ4v) is 2.88. The Morgan fingerprint density at radius 3 is 2.91 bits per heavy atom. The van der Waals surface area contributed by atoms with Gasteiger partial charge >= 0.3 is 0 Å². The molecule has 1 aliphatic heterocycles. The van der Waals surface area contributed by atoms with Crippen molar-refractivity contribution < 1.29 is 9.53 Å². The van der Waals surface area contributed by atoms with Gasteiger partial charge in [-0.2, -0.15) is 5.10 Å². The Hall–Kier alpha value is -2.14. The molecule has 2 aromatic rings. The van der Waals surface area contributed by atoms with Crippen molar-refractivity contribution in [1.29, 1.82) is 0 Å². The van der Waals surface area contributed by atoms with E-state index in [-0.39, 0.29) is 12.0 Å². The summed E-state index contributed by atoms with van der Waals surface area (Å²) in [4.78, 5) is 12.0. The van der Waals surface area contributed by atoms with Crippen molar-refractivity contribution >= 4 is 5.91 Å². The van der Waals surface area contributed by atoms with Crippen LogP contribution >= 0.6 is 0 Å². The molecule has 5 heteroatoms. The summed E-state index contributed by atoms with van der Waals surface area (Å²) in [6, 6.07) is 12.1. The Morgan fingerprint density at radius 2 is 2.18 bits per heavy atom. The second-order valence-corrected chi connectivity index (χ2v) is 5.71. The quantitative estimate of drug-likeness (QED) is 0.917. The first-order valence-electron chi connectivity index (χ1n) is 7.64. The second kappa shape index (κ2) is 6.75. The average molecular weight is 299 g/mol. The maximum absolute atomic E-state index is 12.0. The minimum absolute atomic E-state index is 0.0115. The van der Waals surface area contributed by atoms with E-state index in [1.807, 2.05) is 37.5 Å². The second-order valence-electron chi connectivity index (χ2n) is 5.71. The summed E-state index contributed by atoms with van der Waals surface area (Å²) in [6.07, 6.45) is 3.23. The number of hydrogen-bond donors (Lipinski definition) is 1. The summed E-state index contributed by atoms with van der Waals surface area (Å²) >= 11 is 0. The van der Waals surface area contributed by atoms with E-state index < -0.39 is 0 Å². The Balaban J connectivity index is 1.53. The van der Waals surface area contributed by atoms with Crippen LogP contribution < -0.4 is 5.32 Å². The first-order chi connectivity index (χ1) is 10.7. The van der Waals surface area contributed by atoms with Gasteiger partial charge in [0.2, 0.25) is 5.91 Å². The molecule has 0 aliphatic carbocycles.